The fraction of sp³-hybridized carbons (Fsp3) is 0.250. The smallest absolute Gasteiger partial charge is 0.145 e. The highest BCUT2D eigenvalue weighted by Crippen LogP contribution is 2.28. The van der Waals surface area contributed by atoms with Crippen LogP contribution in [0.15, 0.2) is 45.3 Å². The minimum atomic E-state index is -0.337. The Balaban J connectivity index is 2.32. The van der Waals surface area contributed by atoms with E-state index in [0.29, 0.717) is 12.0 Å². The lowest BCUT2D eigenvalue weighted by molar-refractivity contribution is 0.528. The monoisotopic (exact) mass is 433 g/mol. The van der Waals surface area contributed by atoms with Gasteiger partial charge in [0.2, 0.25) is 0 Å². The summed E-state index contributed by atoms with van der Waals surface area (Å²) in [5.74, 6) is -0.337. The van der Waals surface area contributed by atoms with Crippen molar-refractivity contribution in [3.05, 3.63) is 67.3 Å². The first kappa shape index (κ1) is 16.9. The van der Waals surface area contributed by atoms with E-state index in [4.69, 9.17) is 11.6 Å². The van der Waals surface area contributed by atoms with Gasteiger partial charge in [0.25, 0.3) is 0 Å². The van der Waals surface area contributed by atoms with Crippen molar-refractivity contribution in [1.82, 2.24) is 5.32 Å². The van der Waals surface area contributed by atoms with Crippen molar-refractivity contribution >= 4 is 43.5 Å². The highest BCUT2D eigenvalue weighted by molar-refractivity contribution is 9.11. The summed E-state index contributed by atoms with van der Waals surface area (Å²) in [6.07, 6.45) is 0.545. The third kappa shape index (κ3) is 4.52. The van der Waals surface area contributed by atoms with Gasteiger partial charge in [0.05, 0.1) is 5.02 Å². The third-order valence-electron chi connectivity index (χ3n) is 3.19. The van der Waals surface area contributed by atoms with Gasteiger partial charge in [-0.15, -0.1) is 0 Å². The van der Waals surface area contributed by atoms with Gasteiger partial charge in [0.1, 0.15) is 5.82 Å². The molecule has 0 heterocycles. The maximum absolute atomic E-state index is 14.1. The lowest BCUT2D eigenvalue weighted by atomic mass is 9.98. The van der Waals surface area contributed by atoms with Crippen LogP contribution in [-0.4, -0.2) is 6.54 Å². The first-order valence-corrected chi connectivity index (χ1v) is 8.60. The van der Waals surface area contributed by atoms with Crippen molar-refractivity contribution < 1.29 is 4.39 Å². The standard InChI is InChI=1S/C16H15Br2ClFN/c1-2-21-15(11-6-12(17)9-13(18)7-11)8-10-4-3-5-14(19)16(10)20/h3-7,9,15,21H,2,8H2,1H3. The summed E-state index contributed by atoms with van der Waals surface area (Å²) >= 11 is 12.8. The Morgan fingerprint density at radius 3 is 2.48 bits per heavy atom. The van der Waals surface area contributed by atoms with E-state index in [2.05, 4.69) is 37.2 Å². The molecule has 2 rings (SSSR count). The van der Waals surface area contributed by atoms with Gasteiger partial charge < -0.3 is 5.32 Å². The quantitative estimate of drug-likeness (QED) is 0.617. The number of halogens is 4. The van der Waals surface area contributed by atoms with Crippen LogP contribution in [-0.2, 0) is 6.42 Å². The predicted molar refractivity (Wildman–Crippen MR) is 93.4 cm³/mol. The lowest BCUT2D eigenvalue weighted by Gasteiger charge is -2.20. The minimum Gasteiger partial charge on any atom is -0.310 e. The highest BCUT2D eigenvalue weighted by atomic mass is 79.9. The Kier molecular flexibility index (Phi) is 6.23. The largest absolute Gasteiger partial charge is 0.310 e. The molecule has 0 aliphatic rings. The molecular weight excluding hydrogens is 420 g/mol. The molecule has 1 nitrogen and oxygen atoms in total. The van der Waals surface area contributed by atoms with Crippen LogP contribution < -0.4 is 5.32 Å². The molecule has 1 unspecified atom stereocenters. The molecule has 0 saturated carbocycles. The van der Waals surface area contributed by atoms with Crippen LogP contribution in [0.25, 0.3) is 0 Å². The first-order chi connectivity index (χ1) is 10.0. The minimum absolute atomic E-state index is 0.0248. The molecule has 2 aromatic carbocycles. The Hall–Kier alpha value is -0.420. The van der Waals surface area contributed by atoms with Gasteiger partial charge in [-0.25, -0.2) is 4.39 Å². The Labute approximate surface area is 146 Å². The van der Waals surface area contributed by atoms with Gasteiger partial charge in [-0.1, -0.05) is 62.5 Å². The molecule has 112 valence electrons. The maximum Gasteiger partial charge on any atom is 0.145 e. The zero-order valence-corrected chi connectivity index (χ0v) is 15.4. The Morgan fingerprint density at radius 1 is 1.19 bits per heavy atom. The molecule has 0 bridgehead atoms. The Bertz CT molecular complexity index is 613. The van der Waals surface area contributed by atoms with E-state index >= 15 is 0 Å². The van der Waals surface area contributed by atoms with E-state index in [1.807, 2.05) is 25.1 Å². The molecule has 1 N–H and O–H groups in total. The fourth-order valence-electron chi connectivity index (χ4n) is 2.26. The van der Waals surface area contributed by atoms with Crippen LogP contribution >= 0.6 is 43.5 Å². The second kappa shape index (κ2) is 7.73. The molecule has 0 aliphatic heterocycles. The second-order valence-corrected chi connectivity index (χ2v) is 6.97. The van der Waals surface area contributed by atoms with E-state index in [0.717, 1.165) is 21.1 Å². The van der Waals surface area contributed by atoms with Crippen molar-refractivity contribution in [2.45, 2.75) is 19.4 Å². The topological polar surface area (TPSA) is 12.0 Å². The molecule has 5 heteroatoms. The molecule has 2 aromatic rings. The van der Waals surface area contributed by atoms with E-state index < -0.39 is 0 Å². The lowest BCUT2D eigenvalue weighted by Crippen LogP contribution is -2.23. The fourth-order valence-corrected chi connectivity index (χ4v) is 3.78. The number of nitrogens with one attached hydrogen (secondary N) is 1. The molecule has 1 atom stereocenters. The van der Waals surface area contributed by atoms with E-state index in [-0.39, 0.29) is 16.9 Å². The zero-order valence-electron chi connectivity index (χ0n) is 11.5. The Morgan fingerprint density at radius 2 is 1.86 bits per heavy atom. The van der Waals surface area contributed by atoms with Crippen molar-refractivity contribution in [3.63, 3.8) is 0 Å². The molecule has 0 radical (unpaired) electrons. The average molecular weight is 436 g/mol. The molecular formula is C16H15Br2ClFN. The van der Waals surface area contributed by atoms with Crippen molar-refractivity contribution in [3.8, 4) is 0 Å². The van der Waals surface area contributed by atoms with E-state index in [1.165, 1.54) is 0 Å². The van der Waals surface area contributed by atoms with Gasteiger partial charge in [-0.05, 0) is 48.4 Å². The first-order valence-electron chi connectivity index (χ1n) is 6.63. The summed E-state index contributed by atoms with van der Waals surface area (Å²) < 4.78 is 16.1. The molecule has 0 fully saturated rings. The van der Waals surface area contributed by atoms with Crippen molar-refractivity contribution in [2.75, 3.05) is 6.54 Å². The van der Waals surface area contributed by atoms with Gasteiger partial charge in [0, 0.05) is 15.0 Å². The third-order valence-corrected chi connectivity index (χ3v) is 4.40. The predicted octanol–water partition coefficient (Wildman–Crippen LogP) is 5.90. The summed E-state index contributed by atoms with van der Waals surface area (Å²) in [5, 5.41) is 3.56. The maximum atomic E-state index is 14.1. The number of hydrogen-bond donors (Lipinski definition) is 1. The molecule has 21 heavy (non-hydrogen) atoms. The summed E-state index contributed by atoms with van der Waals surface area (Å²) in [4.78, 5) is 0. The summed E-state index contributed by atoms with van der Waals surface area (Å²) in [6.45, 7) is 2.84. The molecule has 0 spiro atoms. The molecule has 0 aliphatic carbocycles. The molecule has 0 saturated heterocycles. The summed E-state index contributed by atoms with van der Waals surface area (Å²) in [5.41, 5.74) is 1.71. The van der Waals surface area contributed by atoms with Gasteiger partial charge >= 0.3 is 0 Å². The average Bonchev–Trinajstić information content (AvgIpc) is 2.42. The van der Waals surface area contributed by atoms with E-state index in [9.17, 15) is 4.39 Å². The number of benzene rings is 2. The number of hydrogen-bond acceptors (Lipinski definition) is 1. The summed E-state index contributed by atoms with van der Waals surface area (Å²) in [7, 11) is 0. The van der Waals surface area contributed by atoms with Gasteiger partial charge in [-0.3, -0.25) is 0 Å². The van der Waals surface area contributed by atoms with Gasteiger partial charge in [-0.2, -0.15) is 0 Å². The van der Waals surface area contributed by atoms with Crippen LogP contribution in [0.5, 0.6) is 0 Å². The summed E-state index contributed by atoms with van der Waals surface area (Å²) in [6, 6.07) is 11.2. The van der Waals surface area contributed by atoms with Crippen LogP contribution in [0.4, 0.5) is 4.39 Å². The molecule has 0 aromatic heterocycles. The number of rotatable bonds is 5. The van der Waals surface area contributed by atoms with Crippen molar-refractivity contribution in [2.24, 2.45) is 0 Å². The van der Waals surface area contributed by atoms with Crippen LogP contribution in [0.3, 0.4) is 0 Å². The highest BCUT2D eigenvalue weighted by Gasteiger charge is 2.16. The van der Waals surface area contributed by atoms with Gasteiger partial charge in [0.15, 0.2) is 0 Å². The van der Waals surface area contributed by atoms with E-state index in [1.54, 1.807) is 18.2 Å². The van der Waals surface area contributed by atoms with Crippen LogP contribution in [0, 0.1) is 5.82 Å². The normalized spacial score (nSPS) is 12.4. The SMILES string of the molecule is CCNC(Cc1cccc(Cl)c1F)c1cc(Br)cc(Br)c1. The zero-order chi connectivity index (χ0) is 15.4. The number of likely N-dealkylation sites (N-methyl/N-ethyl adjacent to an activating group) is 1. The molecule has 0 amide bonds. The van der Waals surface area contributed by atoms with Crippen LogP contribution in [0.1, 0.15) is 24.1 Å². The second-order valence-electron chi connectivity index (χ2n) is 4.73. The van der Waals surface area contributed by atoms with Crippen molar-refractivity contribution in [1.29, 1.82) is 0 Å². The van der Waals surface area contributed by atoms with Crippen LogP contribution in [0.2, 0.25) is 5.02 Å².